The summed E-state index contributed by atoms with van der Waals surface area (Å²) in [4.78, 5) is 0. The van der Waals surface area contributed by atoms with Crippen molar-refractivity contribution in [3.63, 3.8) is 0 Å². The molecule has 2 atom stereocenters. The van der Waals surface area contributed by atoms with E-state index >= 15 is 0 Å². The lowest BCUT2D eigenvalue weighted by Crippen LogP contribution is -2.20. The van der Waals surface area contributed by atoms with Crippen molar-refractivity contribution in [3.05, 3.63) is 0 Å². The van der Waals surface area contributed by atoms with E-state index in [2.05, 4.69) is 33.1 Å². The van der Waals surface area contributed by atoms with E-state index in [1.54, 1.807) is 0 Å². The first-order chi connectivity index (χ1) is 8.24. The highest BCUT2D eigenvalue weighted by Crippen LogP contribution is 2.20. The van der Waals surface area contributed by atoms with Crippen LogP contribution in [0.2, 0.25) is 0 Å². The van der Waals surface area contributed by atoms with Crippen LogP contribution in [-0.2, 0) is 0 Å². The zero-order valence-electron chi connectivity index (χ0n) is 12.7. The van der Waals surface area contributed by atoms with Gasteiger partial charge in [-0.1, -0.05) is 71.6 Å². The molecule has 0 amide bonds. The van der Waals surface area contributed by atoms with Gasteiger partial charge in [0.15, 0.2) is 0 Å². The number of nitrogens with one attached hydrogen (secondary N) is 1. The predicted octanol–water partition coefficient (Wildman–Crippen LogP) is 5.15. The Morgan fingerprint density at radius 3 is 2.06 bits per heavy atom. The summed E-state index contributed by atoms with van der Waals surface area (Å²) in [6.45, 7) is 6.93. The Kier molecular flexibility index (Phi) is 12.4. The molecule has 0 aliphatic heterocycles. The van der Waals surface area contributed by atoms with Crippen LogP contribution in [-0.4, -0.2) is 13.1 Å². The summed E-state index contributed by atoms with van der Waals surface area (Å²) in [6.07, 6.45) is 14.2. The first kappa shape index (κ1) is 17.0. The molecule has 0 aromatic heterocycles. The summed E-state index contributed by atoms with van der Waals surface area (Å²) in [7, 11) is 2.07. The van der Waals surface area contributed by atoms with Crippen molar-refractivity contribution in [2.75, 3.05) is 7.05 Å². The fourth-order valence-corrected chi connectivity index (χ4v) is 2.45. The van der Waals surface area contributed by atoms with Gasteiger partial charge in [0.25, 0.3) is 0 Å². The van der Waals surface area contributed by atoms with Crippen LogP contribution in [0.15, 0.2) is 0 Å². The Morgan fingerprint density at radius 1 is 0.824 bits per heavy atom. The summed E-state index contributed by atoms with van der Waals surface area (Å²) in [5.41, 5.74) is 0. The first-order valence-electron chi connectivity index (χ1n) is 7.91. The minimum Gasteiger partial charge on any atom is -0.317 e. The van der Waals surface area contributed by atoms with Gasteiger partial charge in [0.1, 0.15) is 0 Å². The van der Waals surface area contributed by atoms with Gasteiger partial charge < -0.3 is 5.32 Å². The fraction of sp³-hybridized carbons (Fsp3) is 1.00. The van der Waals surface area contributed by atoms with Crippen LogP contribution in [0.3, 0.4) is 0 Å². The Bertz CT molecular complexity index is 144. The third kappa shape index (κ3) is 10.8. The Labute approximate surface area is 110 Å². The van der Waals surface area contributed by atoms with Gasteiger partial charge in [0.2, 0.25) is 0 Å². The van der Waals surface area contributed by atoms with Gasteiger partial charge in [-0.3, -0.25) is 0 Å². The van der Waals surface area contributed by atoms with Gasteiger partial charge in [-0.15, -0.1) is 0 Å². The molecule has 0 aromatic carbocycles. The maximum absolute atomic E-state index is 3.32. The maximum Gasteiger partial charge on any atom is 0.00357 e. The quantitative estimate of drug-likeness (QED) is 0.466. The van der Waals surface area contributed by atoms with Crippen molar-refractivity contribution >= 4 is 0 Å². The topological polar surface area (TPSA) is 12.0 Å². The van der Waals surface area contributed by atoms with Crippen molar-refractivity contribution in [1.82, 2.24) is 5.32 Å². The van der Waals surface area contributed by atoms with E-state index in [0.29, 0.717) is 6.04 Å². The van der Waals surface area contributed by atoms with Crippen molar-refractivity contribution < 1.29 is 0 Å². The molecule has 0 aliphatic carbocycles. The molecule has 0 rings (SSSR count). The predicted molar refractivity (Wildman–Crippen MR) is 79.5 cm³/mol. The summed E-state index contributed by atoms with van der Waals surface area (Å²) >= 11 is 0. The lowest BCUT2D eigenvalue weighted by molar-refractivity contribution is 0.385. The molecule has 1 nitrogen and oxygen atoms in total. The minimum atomic E-state index is 0.692. The van der Waals surface area contributed by atoms with Gasteiger partial charge >= 0.3 is 0 Å². The molecule has 0 bridgehead atoms. The maximum atomic E-state index is 3.32. The van der Waals surface area contributed by atoms with Crippen molar-refractivity contribution in [2.45, 2.75) is 91.0 Å². The van der Waals surface area contributed by atoms with E-state index in [-0.39, 0.29) is 0 Å². The molecule has 0 heterocycles. The number of hydrogen-bond acceptors (Lipinski definition) is 1. The third-order valence-corrected chi connectivity index (χ3v) is 4.04. The molecule has 2 unspecified atom stereocenters. The number of unbranched alkanes of at least 4 members (excludes halogenated alkanes) is 4. The second-order valence-corrected chi connectivity index (χ2v) is 5.60. The molecular formula is C16H35N. The number of rotatable bonds is 12. The van der Waals surface area contributed by atoms with Crippen LogP contribution in [0.25, 0.3) is 0 Å². The normalized spacial score (nSPS) is 14.8. The van der Waals surface area contributed by atoms with E-state index in [4.69, 9.17) is 0 Å². The third-order valence-electron chi connectivity index (χ3n) is 4.04. The summed E-state index contributed by atoms with van der Waals surface area (Å²) in [5.74, 6) is 0.987. The minimum absolute atomic E-state index is 0.692. The van der Waals surface area contributed by atoms with Crippen LogP contribution in [0.4, 0.5) is 0 Å². The molecule has 0 saturated heterocycles. The van der Waals surface area contributed by atoms with E-state index in [1.165, 1.54) is 64.2 Å². The molecular weight excluding hydrogens is 206 g/mol. The monoisotopic (exact) mass is 241 g/mol. The molecule has 104 valence electrons. The molecule has 0 saturated carbocycles. The molecule has 0 radical (unpaired) electrons. The van der Waals surface area contributed by atoms with Crippen molar-refractivity contribution in [2.24, 2.45) is 5.92 Å². The van der Waals surface area contributed by atoms with Gasteiger partial charge in [0.05, 0.1) is 0 Å². The first-order valence-corrected chi connectivity index (χ1v) is 7.91. The van der Waals surface area contributed by atoms with Gasteiger partial charge in [0, 0.05) is 6.04 Å². The van der Waals surface area contributed by atoms with Crippen LogP contribution >= 0.6 is 0 Å². The molecule has 0 aromatic rings. The highest BCUT2D eigenvalue weighted by molar-refractivity contribution is 4.62. The second-order valence-electron chi connectivity index (χ2n) is 5.60. The lowest BCUT2D eigenvalue weighted by atomic mass is 9.92. The summed E-state index contributed by atoms with van der Waals surface area (Å²) < 4.78 is 0. The highest BCUT2D eigenvalue weighted by atomic mass is 14.8. The Morgan fingerprint density at radius 2 is 1.47 bits per heavy atom. The smallest absolute Gasteiger partial charge is 0.00357 e. The van der Waals surface area contributed by atoms with E-state index in [9.17, 15) is 0 Å². The Hall–Kier alpha value is -0.0400. The molecule has 1 heteroatoms. The van der Waals surface area contributed by atoms with Crippen molar-refractivity contribution in [3.8, 4) is 0 Å². The average Bonchev–Trinajstić information content (AvgIpc) is 2.36. The van der Waals surface area contributed by atoms with Crippen LogP contribution in [0, 0.1) is 5.92 Å². The Balaban J connectivity index is 3.42. The molecule has 0 aliphatic rings. The summed E-state index contributed by atoms with van der Waals surface area (Å²) in [5, 5.41) is 3.32. The zero-order valence-corrected chi connectivity index (χ0v) is 12.7. The van der Waals surface area contributed by atoms with Gasteiger partial charge in [-0.25, -0.2) is 0 Å². The molecule has 17 heavy (non-hydrogen) atoms. The molecule has 0 spiro atoms. The molecule has 1 N–H and O–H groups in total. The largest absolute Gasteiger partial charge is 0.317 e. The van der Waals surface area contributed by atoms with E-state index < -0.39 is 0 Å². The fourth-order valence-electron chi connectivity index (χ4n) is 2.45. The molecule has 0 fully saturated rings. The average molecular weight is 241 g/mol. The van der Waals surface area contributed by atoms with Crippen LogP contribution in [0.5, 0.6) is 0 Å². The van der Waals surface area contributed by atoms with Crippen LogP contribution < -0.4 is 5.32 Å². The van der Waals surface area contributed by atoms with Crippen LogP contribution in [0.1, 0.15) is 85.0 Å². The van der Waals surface area contributed by atoms with E-state index in [1.807, 2.05) is 0 Å². The van der Waals surface area contributed by atoms with Gasteiger partial charge in [-0.05, 0) is 26.3 Å². The van der Waals surface area contributed by atoms with E-state index in [0.717, 1.165) is 5.92 Å². The zero-order chi connectivity index (χ0) is 12.9. The second kappa shape index (κ2) is 12.4. The SMILES string of the molecule is CCCCCCCC(CC)CCCC(C)NC. The highest BCUT2D eigenvalue weighted by Gasteiger charge is 2.07. The van der Waals surface area contributed by atoms with Crippen molar-refractivity contribution in [1.29, 1.82) is 0 Å². The lowest BCUT2D eigenvalue weighted by Gasteiger charge is -2.16. The summed E-state index contributed by atoms with van der Waals surface area (Å²) in [6, 6.07) is 0.692. The van der Waals surface area contributed by atoms with Gasteiger partial charge in [-0.2, -0.15) is 0 Å². The standard InChI is InChI=1S/C16H35N/c1-5-7-8-9-10-13-16(6-2)14-11-12-15(3)17-4/h15-17H,5-14H2,1-4H3. The number of hydrogen-bond donors (Lipinski definition) is 1.